The third-order valence-electron chi connectivity index (χ3n) is 2.77. The zero-order valence-electron chi connectivity index (χ0n) is 10.8. The Morgan fingerprint density at radius 2 is 2.00 bits per heavy atom. The fourth-order valence-electron chi connectivity index (χ4n) is 1.73. The first-order chi connectivity index (χ1) is 9.29. The highest BCUT2D eigenvalue weighted by Crippen LogP contribution is 2.18. The highest BCUT2D eigenvalue weighted by Gasteiger charge is 2.00. The molecule has 0 radical (unpaired) electrons. The molecule has 0 aliphatic carbocycles. The maximum atomic E-state index is 10.9. The lowest BCUT2D eigenvalue weighted by Crippen LogP contribution is -2.23. The molecule has 1 heterocycles. The van der Waals surface area contributed by atoms with Gasteiger partial charge in [0.25, 0.3) is 0 Å². The van der Waals surface area contributed by atoms with Gasteiger partial charge in [0.1, 0.15) is 0 Å². The van der Waals surface area contributed by atoms with Crippen LogP contribution in [-0.2, 0) is 16.1 Å². The molecule has 0 bridgehead atoms. The summed E-state index contributed by atoms with van der Waals surface area (Å²) in [5.41, 5.74) is 3.35. The summed E-state index contributed by atoms with van der Waals surface area (Å²) >= 11 is 0. The first kappa shape index (κ1) is 13.2. The third kappa shape index (κ3) is 3.89. The molecule has 4 heteroatoms. The maximum absolute atomic E-state index is 10.9. The van der Waals surface area contributed by atoms with Crippen molar-refractivity contribution in [1.82, 2.24) is 10.3 Å². The Bertz CT molecular complexity index is 524. The fourth-order valence-corrected chi connectivity index (χ4v) is 1.73. The quantitative estimate of drug-likeness (QED) is 0.831. The van der Waals surface area contributed by atoms with Gasteiger partial charge in [-0.15, -0.1) is 0 Å². The summed E-state index contributed by atoms with van der Waals surface area (Å²) in [4.78, 5) is 15.0. The molecule has 19 heavy (non-hydrogen) atoms. The fraction of sp³-hybridized carbons (Fsp3) is 0.200. The van der Waals surface area contributed by atoms with E-state index in [-0.39, 0.29) is 12.5 Å². The SMILES string of the molecule is COC(=O)CNCc1ccc(-c2cccnc2)cc1. The topological polar surface area (TPSA) is 51.2 Å². The summed E-state index contributed by atoms with van der Waals surface area (Å²) in [7, 11) is 1.38. The first-order valence-electron chi connectivity index (χ1n) is 6.06. The molecule has 4 nitrogen and oxygen atoms in total. The second-order valence-corrected chi connectivity index (χ2v) is 4.12. The van der Waals surface area contributed by atoms with Crippen molar-refractivity contribution in [2.24, 2.45) is 0 Å². The molecule has 98 valence electrons. The first-order valence-corrected chi connectivity index (χ1v) is 6.06. The Kier molecular flexibility index (Phi) is 4.64. The average molecular weight is 256 g/mol. The highest BCUT2D eigenvalue weighted by atomic mass is 16.5. The van der Waals surface area contributed by atoms with Crippen molar-refractivity contribution >= 4 is 5.97 Å². The highest BCUT2D eigenvalue weighted by molar-refractivity contribution is 5.71. The van der Waals surface area contributed by atoms with Gasteiger partial charge in [-0.25, -0.2) is 0 Å². The van der Waals surface area contributed by atoms with E-state index in [2.05, 4.69) is 15.0 Å². The molecular formula is C15H16N2O2. The van der Waals surface area contributed by atoms with Gasteiger partial charge in [0.15, 0.2) is 0 Å². The van der Waals surface area contributed by atoms with E-state index < -0.39 is 0 Å². The summed E-state index contributed by atoms with van der Waals surface area (Å²) < 4.78 is 4.56. The van der Waals surface area contributed by atoms with E-state index in [9.17, 15) is 4.79 Å². The van der Waals surface area contributed by atoms with Crippen LogP contribution in [0.2, 0.25) is 0 Å². The molecule has 0 unspecified atom stereocenters. The van der Waals surface area contributed by atoms with Gasteiger partial charge < -0.3 is 10.1 Å². The van der Waals surface area contributed by atoms with Gasteiger partial charge in [-0.1, -0.05) is 30.3 Å². The van der Waals surface area contributed by atoms with Crippen molar-refractivity contribution in [3.05, 3.63) is 54.4 Å². The van der Waals surface area contributed by atoms with E-state index >= 15 is 0 Å². The summed E-state index contributed by atoms with van der Waals surface area (Å²) in [6, 6.07) is 12.1. The second kappa shape index (κ2) is 6.66. The van der Waals surface area contributed by atoms with Gasteiger partial charge in [-0.2, -0.15) is 0 Å². The van der Waals surface area contributed by atoms with Crippen molar-refractivity contribution in [3.63, 3.8) is 0 Å². The van der Waals surface area contributed by atoms with E-state index in [1.165, 1.54) is 7.11 Å². The molecule has 2 aromatic rings. The van der Waals surface area contributed by atoms with Crippen LogP contribution in [0.25, 0.3) is 11.1 Å². The van der Waals surface area contributed by atoms with Crippen LogP contribution in [-0.4, -0.2) is 24.6 Å². The number of carbonyl (C=O) groups excluding carboxylic acids is 1. The number of methoxy groups -OCH3 is 1. The molecule has 0 spiro atoms. The van der Waals surface area contributed by atoms with Crippen LogP contribution < -0.4 is 5.32 Å². The number of hydrogen-bond donors (Lipinski definition) is 1. The molecule has 2 rings (SSSR count). The number of nitrogens with one attached hydrogen (secondary N) is 1. The molecule has 0 aliphatic heterocycles. The molecule has 1 N–H and O–H groups in total. The Labute approximate surface area is 112 Å². The van der Waals surface area contributed by atoms with Crippen LogP contribution in [0, 0.1) is 0 Å². The molecule has 0 atom stereocenters. The lowest BCUT2D eigenvalue weighted by Gasteiger charge is -2.05. The van der Waals surface area contributed by atoms with Gasteiger partial charge in [0.2, 0.25) is 0 Å². The van der Waals surface area contributed by atoms with Crippen LogP contribution >= 0.6 is 0 Å². The van der Waals surface area contributed by atoms with Crippen molar-refractivity contribution in [3.8, 4) is 11.1 Å². The van der Waals surface area contributed by atoms with Crippen LogP contribution in [0.4, 0.5) is 0 Å². The summed E-state index contributed by atoms with van der Waals surface area (Å²) in [6.45, 7) is 0.864. The van der Waals surface area contributed by atoms with Gasteiger partial charge >= 0.3 is 5.97 Å². The predicted molar refractivity (Wildman–Crippen MR) is 73.4 cm³/mol. The van der Waals surface area contributed by atoms with Crippen molar-refractivity contribution in [2.45, 2.75) is 6.54 Å². The summed E-state index contributed by atoms with van der Waals surface area (Å²) in [5, 5.41) is 3.02. The van der Waals surface area contributed by atoms with E-state index in [1.54, 1.807) is 6.20 Å². The third-order valence-corrected chi connectivity index (χ3v) is 2.77. The Morgan fingerprint density at radius 1 is 1.21 bits per heavy atom. The number of pyridine rings is 1. The zero-order valence-corrected chi connectivity index (χ0v) is 10.8. The van der Waals surface area contributed by atoms with Gasteiger partial charge in [-0.05, 0) is 22.8 Å². The number of nitrogens with zero attached hydrogens (tertiary/aromatic N) is 1. The smallest absolute Gasteiger partial charge is 0.319 e. The van der Waals surface area contributed by atoms with Crippen LogP contribution in [0.3, 0.4) is 0 Å². The van der Waals surface area contributed by atoms with E-state index in [1.807, 2.05) is 42.6 Å². The molecule has 0 aliphatic rings. The minimum absolute atomic E-state index is 0.223. The lowest BCUT2D eigenvalue weighted by molar-refractivity contribution is -0.139. The number of aromatic nitrogens is 1. The van der Waals surface area contributed by atoms with Crippen molar-refractivity contribution < 1.29 is 9.53 Å². The molecule has 0 saturated heterocycles. The minimum atomic E-state index is -0.257. The Hall–Kier alpha value is -2.20. The molecule has 0 saturated carbocycles. The van der Waals surface area contributed by atoms with Crippen LogP contribution in [0.5, 0.6) is 0 Å². The van der Waals surface area contributed by atoms with E-state index in [0.29, 0.717) is 6.54 Å². The number of hydrogen-bond acceptors (Lipinski definition) is 4. The average Bonchev–Trinajstić information content (AvgIpc) is 2.48. The van der Waals surface area contributed by atoms with Crippen molar-refractivity contribution in [2.75, 3.05) is 13.7 Å². The maximum Gasteiger partial charge on any atom is 0.319 e. The van der Waals surface area contributed by atoms with Crippen LogP contribution in [0.1, 0.15) is 5.56 Å². The van der Waals surface area contributed by atoms with Gasteiger partial charge in [0, 0.05) is 18.9 Å². The number of esters is 1. The normalized spacial score (nSPS) is 10.2. The minimum Gasteiger partial charge on any atom is -0.468 e. The van der Waals surface area contributed by atoms with Gasteiger partial charge in [0.05, 0.1) is 13.7 Å². The Balaban J connectivity index is 1.94. The zero-order chi connectivity index (χ0) is 13.5. The number of ether oxygens (including phenoxy) is 1. The number of rotatable bonds is 5. The van der Waals surface area contributed by atoms with Gasteiger partial charge in [-0.3, -0.25) is 9.78 Å². The number of carbonyl (C=O) groups is 1. The lowest BCUT2D eigenvalue weighted by atomic mass is 10.1. The monoisotopic (exact) mass is 256 g/mol. The van der Waals surface area contributed by atoms with E-state index in [0.717, 1.165) is 16.7 Å². The summed E-state index contributed by atoms with van der Waals surface area (Å²) in [5.74, 6) is -0.257. The molecule has 0 amide bonds. The standard InChI is InChI=1S/C15H16N2O2/c1-19-15(18)11-17-9-12-4-6-13(7-5-12)14-3-2-8-16-10-14/h2-8,10,17H,9,11H2,1H3. The Morgan fingerprint density at radius 3 is 2.63 bits per heavy atom. The number of benzene rings is 1. The predicted octanol–water partition coefficient (Wildman–Crippen LogP) is 2.01. The van der Waals surface area contributed by atoms with Crippen molar-refractivity contribution in [1.29, 1.82) is 0 Å². The van der Waals surface area contributed by atoms with Crippen LogP contribution in [0.15, 0.2) is 48.8 Å². The molecular weight excluding hydrogens is 240 g/mol. The molecule has 1 aromatic heterocycles. The molecule has 1 aromatic carbocycles. The largest absolute Gasteiger partial charge is 0.468 e. The van der Waals surface area contributed by atoms with E-state index in [4.69, 9.17) is 0 Å². The summed E-state index contributed by atoms with van der Waals surface area (Å²) in [6.07, 6.45) is 3.60. The molecule has 0 fully saturated rings. The second-order valence-electron chi connectivity index (χ2n) is 4.12.